The van der Waals surface area contributed by atoms with Gasteiger partial charge >= 0.3 is 11.9 Å². The van der Waals surface area contributed by atoms with Gasteiger partial charge in [0.2, 0.25) is 0 Å². The molecule has 0 aliphatic heterocycles. The number of methoxy groups -OCH3 is 1. The minimum absolute atomic E-state index is 0.216. The third-order valence-electron chi connectivity index (χ3n) is 1.33. The zero-order chi connectivity index (χ0) is 9.72. The zero-order valence-corrected chi connectivity index (χ0v) is 7.21. The Bertz CT molecular complexity index is 211. The van der Waals surface area contributed by atoms with Crippen LogP contribution in [0.3, 0.4) is 0 Å². The Labute approximate surface area is 70.1 Å². The fraction of sp³-hybridized carbons (Fsp3) is 0.571. The van der Waals surface area contributed by atoms with Crippen LogP contribution in [0, 0.1) is 0 Å². The van der Waals surface area contributed by atoms with E-state index in [1.807, 2.05) is 0 Å². The van der Waals surface area contributed by atoms with Gasteiger partial charge < -0.3 is 10.1 Å². The maximum Gasteiger partial charge on any atom is 0.396 e. The van der Waals surface area contributed by atoms with Crippen molar-refractivity contribution >= 4 is 17.7 Å². The Morgan fingerprint density at radius 3 is 2.17 bits per heavy atom. The van der Waals surface area contributed by atoms with Crippen molar-refractivity contribution in [2.75, 3.05) is 7.11 Å². The maximum atomic E-state index is 10.8. The van der Waals surface area contributed by atoms with Crippen LogP contribution in [0.5, 0.6) is 0 Å². The maximum absolute atomic E-state index is 10.8. The topological polar surface area (TPSA) is 72.5 Å². The summed E-state index contributed by atoms with van der Waals surface area (Å²) in [6.07, 6.45) is 0. The Kier molecular flexibility index (Phi) is 3.96. The summed E-state index contributed by atoms with van der Waals surface area (Å²) in [5.74, 6) is -2.12. The largest absolute Gasteiger partial charge is 0.462 e. The molecule has 1 atom stereocenters. The summed E-state index contributed by atoms with van der Waals surface area (Å²) in [6, 6.07) is -0.656. The number of carbonyl (C=O) groups excluding carboxylic acids is 3. The molecule has 68 valence electrons. The summed E-state index contributed by atoms with van der Waals surface area (Å²) in [6.45, 7) is 2.81. The molecule has 0 heterocycles. The van der Waals surface area contributed by atoms with E-state index in [2.05, 4.69) is 10.1 Å². The van der Waals surface area contributed by atoms with E-state index in [0.29, 0.717) is 0 Å². The summed E-state index contributed by atoms with van der Waals surface area (Å²) >= 11 is 0. The first-order chi connectivity index (χ1) is 5.49. The molecule has 0 aromatic heterocycles. The SMILES string of the molecule is COC(=O)C(=O)NC(C)C(C)=O. The van der Waals surface area contributed by atoms with E-state index < -0.39 is 17.9 Å². The van der Waals surface area contributed by atoms with Crippen molar-refractivity contribution in [2.24, 2.45) is 0 Å². The Morgan fingerprint density at radius 1 is 1.33 bits per heavy atom. The molecule has 5 nitrogen and oxygen atoms in total. The number of hydrogen-bond acceptors (Lipinski definition) is 4. The van der Waals surface area contributed by atoms with Crippen molar-refractivity contribution in [3.63, 3.8) is 0 Å². The smallest absolute Gasteiger partial charge is 0.396 e. The van der Waals surface area contributed by atoms with Crippen LogP contribution in [0.15, 0.2) is 0 Å². The molecule has 0 bridgehead atoms. The number of ketones is 1. The van der Waals surface area contributed by atoms with Crippen LogP contribution in [0.1, 0.15) is 13.8 Å². The van der Waals surface area contributed by atoms with Gasteiger partial charge in [-0.05, 0) is 13.8 Å². The quantitative estimate of drug-likeness (QED) is 0.440. The second-order valence-corrected chi connectivity index (χ2v) is 2.30. The van der Waals surface area contributed by atoms with Crippen molar-refractivity contribution in [2.45, 2.75) is 19.9 Å². The van der Waals surface area contributed by atoms with Crippen LogP contribution in [-0.2, 0) is 19.1 Å². The van der Waals surface area contributed by atoms with Gasteiger partial charge in [0.05, 0.1) is 13.2 Å². The average molecular weight is 173 g/mol. The van der Waals surface area contributed by atoms with Gasteiger partial charge in [-0.1, -0.05) is 0 Å². The number of ether oxygens (including phenoxy) is 1. The highest BCUT2D eigenvalue weighted by molar-refractivity contribution is 6.32. The van der Waals surface area contributed by atoms with Crippen LogP contribution in [-0.4, -0.2) is 30.8 Å². The van der Waals surface area contributed by atoms with Gasteiger partial charge in [-0.25, -0.2) is 4.79 Å². The number of nitrogens with one attached hydrogen (secondary N) is 1. The molecule has 0 saturated carbocycles. The Morgan fingerprint density at radius 2 is 1.83 bits per heavy atom. The van der Waals surface area contributed by atoms with Gasteiger partial charge in [0, 0.05) is 0 Å². The summed E-state index contributed by atoms with van der Waals surface area (Å²) in [5, 5.41) is 2.17. The van der Waals surface area contributed by atoms with Crippen molar-refractivity contribution in [3.8, 4) is 0 Å². The fourth-order valence-electron chi connectivity index (χ4n) is 0.450. The molecule has 0 rings (SSSR count). The van der Waals surface area contributed by atoms with Crippen molar-refractivity contribution in [1.82, 2.24) is 5.32 Å². The van der Waals surface area contributed by atoms with E-state index in [0.717, 1.165) is 7.11 Å². The van der Waals surface area contributed by atoms with E-state index in [1.165, 1.54) is 13.8 Å². The lowest BCUT2D eigenvalue weighted by Crippen LogP contribution is -2.41. The van der Waals surface area contributed by atoms with Crippen molar-refractivity contribution in [1.29, 1.82) is 0 Å². The number of amides is 1. The molecule has 0 aliphatic rings. The normalized spacial score (nSPS) is 11.6. The van der Waals surface area contributed by atoms with Crippen LogP contribution in [0.4, 0.5) is 0 Å². The van der Waals surface area contributed by atoms with Gasteiger partial charge in [0.1, 0.15) is 0 Å². The van der Waals surface area contributed by atoms with Crippen LogP contribution in [0.2, 0.25) is 0 Å². The fourth-order valence-corrected chi connectivity index (χ4v) is 0.450. The molecule has 0 aliphatic carbocycles. The highest BCUT2D eigenvalue weighted by Crippen LogP contribution is 1.84. The molecule has 1 unspecified atom stereocenters. The molecule has 0 aromatic carbocycles. The molecule has 0 fully saturated rings. The first kappa shape index (κ1) is 10.6. The third-order valence-corrected chi connectivity index (χ3v) is 1.33. The Hall–Kier alpha value is -1.39. The molecule has 0 aromatic rings. The van der Waals surface area contributed by atoms with Crippen LogP contribution < -0.4 is 5.32 Å². The summed E-state index contributed by atoms with van der Waals surface area (Å²) in [4.78, 5) is 31.9. The van der Waals surface area contributed by atoms with Crippen LogP contribution >= 0.6 is 0 Å². The molecule has 1 N–H and O–H groups in total. The second-order valence-electron chi connectivity index (χ2n) is 2.30. The van der Waals surface area contributed by atoms with Gasteiger partial charge in [-0.3, -0.25) is 9.59 Å². The second kappa shape index (κ2) is 4.48. The van der Waals surface area contributed by atoms with E-state index in [1.54, 1.807) is 0 Å². The lowest BCUT2D eigenvalue weighted by atomic mass is 10.2. The standard InChI is InChI=1S/C7H11NO4/c1-4(5(2)9)8-6(10)7(11)12-3/h4H,1-3H3,(H,8,10). The molecule has 1 amide bonds. The minimum atomic E-state index is -0.997. The monoisotopic (exact) mass is 173 g/mol. The zero-order valence-electron chi connectivity index (χ0n) is 7.21. The summed E-state index contributed by atoms with van der Waals surface area (Å²) in [7, 11) is 1.10. The van der Waals surface area contributed by atoms with Gasteiger partial charge in [0.25, 0.3) is 0 Å². The molecule has 12 heavy (non-hydrogen) atoms. The number of Topliss-reactive ketones (excluding diaryl/α,β-unsaturated/α-hetero) is 1. The van der Waals surface area contributed by atoms with E-state index in [9.17, 15) is 14.4 Å². The highest BCUT2D eigenvalue weighted by Gasteiger charge is 2.17. The molecule has 0 spiro atoms. The molecule has 0 radical (unpaired) electrons. The highest BCUT2D eigenvalue weighted by atomic mass is 16.5. The molecule has 0 saturated heterocycles. The predicted molar refractivity (Wildman–Crippen MR) is 40.3 cm³/mol. The van der Waals surface area contributed by atoms with E-state index >= 15 is 0 Å². The molecular formula is C7H11NO4. The van der Waals surface area contributed by atoms with Crippen molar-refractivity contribution < 1.29 is 19.1 Å². The first-order valence-electron chi connectivity index (χ1n) is 3.38. The number of hydrogen-bond donors (Lipinski definition) is 1. The van der Waals surface area contributed by atoms with Gasteiger partial charge in [-0.15, -0.1) is 0 Å². The third kappa shape index (κ3) is 3.14. The number of carbonyl (C=O) groups is 3. The van der Waals surface area contributed by atoms with Crippen molar-refractivity contribution in [3.05, 3.63) is 0 Å². The predicted octanol–water partition coefficient (Wildman–Crippen LogP) is -0.747. The lowest BCUT2D eigenvalue weighted by molar-refractivity contribution is -0.153. The number of rotatable bonds is 2. The van der Waals surface area contributed by atoms with Gasteiger partial charge in [0.15, 0.2) is 5.78 Å². The Balaban J connectivity index is 4.01. The lowest BCUT2D eigenvalue weighted by Gasteiger charge is -2.07. The average Bonchev–Trinajstić information content (AvgIpc) is 2.02. The summed E-state index contributed by atoms with van der Waals surface area (Å²) in [5.41, 5.74) is 0. The van der Waals surface area contributed by atoms with E-state index in [-0.39, 0.29) is 5.78 Å². The minimum Gasteiger partial charge on any atom is -0.462 e. The number of esters is 1. The molecule has 5 heteroatoms. The van der Waals surface area contributed by atoms with E-state index in [4.69, 9.17) is 0 Å². The molecular weight excluding hydrogens is 162 g/mol. The summed E-state index contributed by atoms with van der Waals surface area (Å²) < 4.78 is 4.13. The van der Waals surface area contributed by atoms with Gasteiger partial charge in [-0.2, -0.15) is 0 Å². The van der Waals surface area contributed by atoms with Crippen LogP contribution in [0.25, 0.3) is 0 Å². The first-order valence-corrected chi connectivity index (χ1v) is 3.38.